The summed E-state index contributed by atoms with van der Waals surface area (Å²) < 4.78 is 43.5. The van der Waals surface area contributed by atoms with Gasteiger partial charge >= 0.3 is 12.1 Å². The highest BCUT2D eigenvalue weighted by Crippen LogP contribution is 2.29. The number of nitrogens with two attached hydrogens (primary N) is 1. The van der Waals surface area contributed by atoms with Crippen molar-refractivity contribution in [2.75, 3.05) is 0 Å². The molecule has 2 aromatic heterocycles. The Bertz CT molecular complexity index is 957. The molecule has 0 bridgehead atoms. The Kier molecular flexibility index (Phi) is 4.26. The summed E-state index contributed by atoms with van der Waals surface area (Å²) in [4.78, 5) is 14.5. The first-order valence-electron chi connectivity index (χ1n) is 7.52. The average Bonchev–Trinajstić information content (AvgIpc) is 3.16. The smallest absolute Gasteiger partial charge is 0.369 e. The molecule has 2 heterocycles. The first-order chi connectivity index (χ1) is 12.2. The second-order valence-corrected chi connectivity index (χ2v) is 5.67. The van der Waals surface area contributed by atoms with Gasteiger partial charge in [-0.2, -0.15) is 23.3 Å². The van der Waals surface area contributed by atoms with Gasteiger partial charge in [-0.15, -0.1) is 0 Å². The number of carbonyl (C=O) groups excluding carboxylic acids is 1. The van der Waals surface area contributed by atoms with Crippen molar-refractivity contribution < 1.29 is 22.5 Å². The lowest BCUT2D eigenvalue weighted by Gasteiger charge is -2.05. The number of alkyl halides is 3. The SMILES string of the molecule is Cc1nn(-c2ccc(-c3noc(C(F)(F)F)n3)cc2)c(C)c1CC(N)=O. The molecule has 10 heteroatoms. The van der Waals surface area contributed by atoms with Crippen molar-refractivity contribution in [3.05, 3.63) is 47.1 Å². The maximum atomic E-state index is 12.5. The van der Waals surface area contributed by atoms with Crippen LogP contribution in [0.5, 0.6) is 0 Å². The van der Waals surface area contributed by atoms with Crippen molar-refractivity contribution >= 4 is 5.91 Å². The summed E-state index contributed by atoms with van der Waals surface area (Å²) in [7, 11) is 0. The maximum Gasteiger partial charge on any atom is 0.471 e. The van der Waals surface area contributed by atoms with E-state index in [1.165, 1.54) is 0 Å². The molecule has 136 valence electrons. The number of benzene rings is 1. The molecule has 0 saturated heterocycles. The summed E-state index contributed by atoms with van der Waals surface area (Å²) in [6.07, 6.45) is -4.61. The molecule has 0 aliphatic heterocycles. The molecular weight excluding hydrogens is 351 g/mol. The highest BCUT2D eigenvalue weighted by Gasteiger charge is 2.38. The van der Waals surface area contributed by atoms with Gasteiger partial charge < -0.3 is 10.3 Å². The van der Waals surface area contributed by atoms with E-state index in [2.05, 4.69) is 19.8 Å². The van der Waals surface area contributed by atoms with Gasteiger partial charge in [-0.1, -0.05) is 5.16 Å². The molecule has 7 nitrogen and oxygen atoms in total. The molecule has 3 rings (SSSR count). The van der Waals surface area contributed by atoms with E-state index in [4.69, 9.17) is 5.73 Å². The quantitative estimate of drug-likeness (QED) is 0.766. The van der Waals surface area contributed by atoms with E-state index >= 15 is 0 Å². The van der Waals surface area contributed by atoms with Crippen molar-refractivity contribution in [2.45, 2.75) is 26.4 Å². The molecular formula is C16H14F3N5O2. The average molecular weight is 365 g/mol. The van der Waals surface area contributed by atoms with Crippen LogP contribution in [0.15, 0.2) is 28.8 Å². The molecule has 1 amide bonds. The van der Waals surface area contributed by atoms with Crippen LogP contribution in [0.25, 0.3) is 17.1 Å². The van der Waals surface area contributed by atoms with Gasteiger partial charge in [-0.05, 0) is 38.1 Å². The van der Waals surface area contributed by atoms with E-state index in [0.29, 0.717) is 16.9 Å². The predicted octanol–water partition coefficient (Wildman–Crippen LogP) is 2.59. The lowest BCUT2D eigenvalue weighted by atomic mass is 10.1. The molecule has 0 unspecified atom stereocenters. The molecule has 0 spiro atoms. The van der Waals surface area contributed by atoms with Gasteiger partial charge in [0.1, 0.15) is 0 Å². The van der Waals surface area contributed by atoms with Gasteiger partial charge in [0.05, 0.1) is 17.8 Å². The van der Waals surface area contributed by atoms with Crippen LogP contribution in [0.3, 0.4) is 0 Å². The topological polar surface area (TPSA) is 99.8 Å². The van der Waals surface area contributed by atoms with E-state index < -0.39 is 18.0 Å². The fourth-order valence-electron chi connectivity index (χ4n) is 2.56. The number of nitrogens with zero attached hydrogens (tertiary/aromatic N) is 4. The van der Waals surface area contributed by atoms with Crippen LogP contribution in [0.1, 0.15) is 22.8 Å². The number of carbonyl (C=O) groups is 1. The highest BCUT2D eigenvalue weighted by atomic mass is 19.4. The molecule has 3 aromatic rings. The van der Waals surface area contributed by atoms with Crippen LogP contribution < -0.4 is 5.73 Å². The van der Waals surface area contributed by atoms with Gasteiger partial charge in [-0.3, -0.25) is 4.79 Å². The number of rotatable bonds is 4. The summed E-state index contributed by atoms with van der Waals surface area (Å²) in [5.74, 6) is -2.01. The number of amides is 1. The Morgan fingerprint density at radius 1 is 1.23 bits per heavy atom. The van der Waals surface area contributed by atoms with Crippen molar-refractivity contribution in [2.24, 2.45) is 5.73 Å². The number of aromatic nitrogens is 4. The summed E-state index contributed by atoms with van der Waals surface area (Å²) in [5, 5.41) is 7.73. The van der Waals surface area contributed by atoms with E-state index in [9.17, 15) is 18.0 Å². The molecule has 0 saturated carbocycles. The normalized spacial score (nSPS) is 11.7. The fraction of sp³-hybridized carbons (Fsp3) is 0.250. The van der Waals surface area contributed by atoms with Gasteiger partial charge in [0, 0.05) is 16.8 Å². The van der Waals surface area contributed by atoms with Crippen molar-refractivity contribution in [3.63, 3.8) is 0 Å². The van der Waals surface area contributed by atoms with E-state index in [1.54, 1.807) is 42.8 Å². The zero-order chi connectivity index (χ0) is 19.1. The summed E-state index contributed by atoms with van der Waals surface area (Å²) in [5.41, 5.74) is 8.47. The Morgan fingerprint density at radius 2 is 1.88 bits per heavy atom. The minimum atomic E-state index is -4.69. The summed E-state index contributed by atoms with van der Waals surface area (Å²) >= 11 is 0. The maximum absolute atomic E-state index is 12.5. The van der Waals surface area contributed by atoms with Crippen LogP contribution in [-0.4, -0.2) is 25.8 Å². The molecule has 0 aliphatic carbocycles. The number of hydrogen-bond acceptors (Lipinski definition) is 5. The second-order valence-electron chi connectivity index (χ2n) is 5.67. The minimum absolute atomic E-state index is 0.0822. The fourth-order valence-corrected chi connectivity index (χ4v) is 2.56. The van der Waals surface area contributed by atoms with E-state index in [1.807, 2.05) is 0 Å². The van der Waals surface area contributed by atoms with Crippen LogP contribution in [-0.2, 0) is 17.4 Å². The molecule has 0 radical (unpaired) electrons. The minimum Gasteiger partial charge on any atom is -0.369 e. The number of hydrogen-bond donors (Lipinski definition) is 1. The third kappa shape index (κ3) is 3.30. The highest BCUT2D eigenvalue weighted by molar-refractivity contribution is 5.77. The largest absolute Gasteiger partial charge is 0.471 e. The second kappa shape index (κ2) is 6.28. The zero-order valence-electron chi connectivity index (χ0n) is 13.8. The lowest BCUT2D eigenvalue weighted by molar-refractivity contribution is -0.159. The van der Waals surface area contributed by atoms with Gasteiger partial charge in [0.15, 0.2) is 0 Å². The molecule has 0 atom stereocenters. The Balaban J connectivity index is 1.91. The van der Waals surface area contributed by atoms with Crippen molar-refractivity contribution in [3.8, 4) is 17.1 Å². The molecule has 0 fully saturated rings. The lowest BCUT2D eigenvalue weighted by Crippen LogP contribution is -2.14. The van der Waals surface area contributed by atoms with Gasteiger partial charge in [-0.25, -0.2) is 4.68 Å². The summed E-state index contributed by atoms with van der Waals surface area (Å²) in [6, 6.07) is 6.44. The number of primary amides is 1. The molecule has 0 aliphatic rings. The third-order valence-electron chi connectivity index (χ3n) is 3.83. The Labute approximate surface area is 145 Å². The first kappa shape index (κ1) is 17.6. The van der Waals surface area contributed by atoms with Crippen molar-refractivity contribution in [1.82, 2.24) is 19.9 Å². The molecule has 2 N–H and O–H groups in total. The zero-order valence-corrected chi connectivity index (χ0v) is 13.8. The number of aryl methyl sites for hydroxylation is 1. The van der Waals surface area contributed by atoms with E-state index in [-0.39, 0.29) is 12.2 Å². The van der Waals surface area contributed by atoms with Crippen LogP contribution in [0.2, 0.25) is 0 Å². The molecule has 1 aromatic carbocycles. The first-order valence-corrected chi connectivity index (χ1v) is 7.52. The monoisotopic (exact) mass is 365 g/mol. The van der Waals surface area contributed by atoms with Gasteiger partial charge in [0.2, 0.25) is 11.7 Å². The Morgan fingerprint density at radius 3 is 2.42 bits per heavy atom. The summed E-state index contributed by atoms with van der Waals surface area (Å²) in [6.45, 7) is 3.58. The van der Waals surface area contributed by atoms with Gasteiger partial charge in [0.25, 0.3) is 0 Å². The van der Waals surface area contributed by atoms with Crippen LogP contribution >= 0.6 is 0 Å². The third-order valence-corrected chi connectivity index (χ3v) is 3.83. The van der Waals surface area contributed by atoms with Crippen LogP contribution in [0.4, 0.5) is 13.2 Å². The standard InChI is InChI=1S/C16H14F3N5O2/c1-8-12(7-13(20)25)9(2)24(22-8)11-5-3-10(4-6-11)14-21-15(26-23-14)16(17,18)19/h3-6H,7H2,1-2H3,(H2,20,25). The number of halogens is 3. The van der Waals surface area contributed by atoms with Crippen LogP contribution in [0, 0.1) is 13.8 Å². The Hall–Kier alpha value is -3.17. The predicted molar refractivity (Wildman–Crippen MR) is 84.2 cm³/mol. The van der Waals surface area contributed by atoms with Crippen molar-refractivity contribution in [1.29, 1.82) is 0 Å². The molecule has 26 heavy (non-hydrogen) atoms. The van der Waals surface area contributed by atoms with E-state index in [0.717, 1.165) is 11.3 Å².